The first-order chi connectivity index (χ1) is 27.1. The van der Waals surface area contributed by atoms with Gasteiger partial charge in [0, 0.05) is 5.38 Å². The Morgan fingerprint density at radius 3 is 1.74 bits per heavy atom. The zero-order valence-electron chi connectivity index (χ0n) is 39.2. The van der Waals surface area contributed by atoms with E-state index in [0.717, 1.165) is 96.7 Å². The van der Waals surface area contributed by atoms with Crippen molar-refractivity contribution in [3.8, 4) is 0 Å². The Bertz CT molecular complexity index is 1150. The van der Waals surface area contributed by atoms with Gasteiger partial charge in [-0.3, -0.25) is 0 Å². The molecule has 0 spiro atoms. The molecule has 6 fully saturated rings. The van der Waals surface area contributed by atoms with Crippen molar-refractivity contribution in [3.05, 3.63) is 0 Å². The Labute approximate surface area is 360 Å². The van der Waals surface area contributed by atoms with E-state index in [1.165, 1.54) is 148 Å². The van der Waals surface area contributed by atoms with Crippen LogP contribution in [0, 0.1) is 93.7 Å². The van der Waals surface area contributed by atoms with Crippen molar-refractivity contribution in [1.82, 2.24) is 0 Å². The van der Waals surface area contributed by atoms with Crippen LogP contribution in [0.5, 0.6) is 0 Å². The molecule has 6 saturated carbocycles. The molecule has 0 amide bonds. The van der Waals surface area contributed by atoms with Crippen molar-refractivity contribution in [3.63, 3.8) is 0 Å². The highest BCUT2D eigenvalue weighted by Gasteiger charge is 2.57. The Morgan fingerprint density at radius 1 is 0.614 bits per heavy atom. The van der Waals surface area contributed by atoms with Crippen LogP contribution in [0.2, 0.25) is 0 Å². The molecular formula is C54H97ClO2. The quantitative estimate of drug-likeness (QED) is 0.135. The van der Waals surface area contributed by atoms with Gasteiger partial charge in [0.05, 0.1) is 12.2 Å². The highest BCUT2D eigenvalue weighted by Crippen LogP contribution is 2.65. The van der Waals surface area contributed by atoms with Crippen LogP contribution in [0.4, 0.5) is 0 Å². The van der Waals surface area contributed by atoms with E-state index in [1.807, 2.05) is 0 Å². The average molecular weight is 814 g/mol. The van der Waals surface area contributed by atoms with Gasteiger partial charge in [-0.2, -0.15) is 0 Å². The summed E-state index contributed by atoms with van der Waals surface area (Å²) in [6, 6.07) is 0. The standard InChI is InChI=1S/C54H97ClO2/c1-36-9-13-42(14-10-36)17-18-44-34-49(40(5)50(35-44)41(6)54(31-32-54)47-23-25-48(55)26-24-47)39(4)45-19-21-46(22-20-45)52(57)28-30-53(7,8)29-27-51(56)38(3)33-43-15-11-37(2)12-16-43/h36-52,56-57H,9-35H2,1-8H3. The summed E-state index contributed by atoms with van der Waals surface area (Å²) < 4.78 is 0. The van der Waals surface area contributed by atoms with Crippen molar-refractivity contribution >= 4 is 11.6 Å². The summed E-state index contributed by atoms with van der Waals surface area (Å²) in [7, 11) is 0. The van der Waals surface area contributed by atoms with E-state index in [-0.39, 0.29) is 17.6 Å². The molecule has 9 unspecified atom stereocenters. The van der Waals surface area contributed by atoms with E-state index < -0.39 is 0 Å². The molecule has 332 valence electrons. The zero-order valence-corrected chi connectivity index (χ0v) is 39.9. The number of rotatable bonds is 18. The maximum atomic E-state index is 11.6. The third-order valence-electron chi connectivity index (χ3n) is 20.0. The maximum Gasteiger partial charge on any atom is 0.0568 e. The third-order valence-corrected chi connectivity index (χ3v) is 20.5. The molecule has 6 aliphatic rings. The van der Waals surface area contributed by atoms with E-state index >= 15 is 0 Å². The van der Waals surface area contributed by atoms with Crippen LogP contribution in [0.3, 0.4) is 0 Å². The molecule has 6 rings (SSSR count). The molecular weight excluding hydrogens is 716 g/mol. The molecule has 0 radical (unpaired) electrons. The molecule has 0 bridgehead atoms. The molecule has 57 heavy (non-hydrogen) atoms. The first kappa shape index (κ1) is 46.7. The summed E-state index contributed by atoms with van der Waals surface area (Å²) in [6.45, 7) is 20.1. The third kappa shape index (κ3) is 12.7. The van der Waals surface area contributed by atoms with Crippen LogP contribution in [0.25, 0.3) is 0 Å². The van der Waals surface area contributed by atoms with Crippen LogP contribution in [0.1, 0.15) is 229 Å². The summed E-state index contributed by atoms with van der Waals surface area (Å²) in [5, 5.41) is 23.1. The fourth-order valence-electron chi connectivity index (χ4n) is 15.1. The summed E-state index contributed by atoms with van der Waals surface area (Å²) in [5.74, 6) is 11.5. The number of alkyl halides is 1. The summed E-state index contributed by atoms with van der Waals surface area (Å²) in [4.78, 5) is 0. The van der Waals surface area contributed by atoms with Gasteiger partial charge in [0.25, 0.3) is 0 Å². The van der Waals surface area contributed by atoms with Crippen molar-refractivity contribution in [2.75, 3.05) is 0 Å². The summed E-state index contributed by atoms with van der Waals surface area (Å²) in [5.41, 5.74) is 0.798. The second kappa shape index (κ2) is 21.1. The van der Waals surface area contributed by atoms with Gasteiger partial charge in [-0.15, -0.1) is 11.6 Å². The Morgan fingerprint density at radius 2 is 1.14 bits per heavy atom. The smallest absolute Gasteiger partial charge is 0.0568 e. The molecule has 0 aromatic carbocycles. The van der Waals surface area contributed by atoms with Gasteiger partial charge in [0.1, 0.15) is 0 Å². The molecule has 9 atom stereocenters. The lowest BCUT2D eigenvalue weighted by atomic mass is 9.55. The second-order valence-corrected chi connectivity index (χ2v) is 25.1. The van der Waals surface area contributed by atoms with E-state index in [9.17, 15) is 10.2 Å². The van der Waals surface area contributed by atoms with E-state index in [1.54, 1.807) is 0 Å². The van der Waals surface area contributed by atoms with Crippen LogP contribution < -0.4 is 0 Å². The molecule has 0 aromatic heterocycles. The normalized spacial score (nSPS) is 40.5. The topological polar surface area (TPSA) is 40.5 Å². The van der Waals surface area contributed by atoms with E-state index in [0.29, 0.717) is 22.6 Å². The molecule has 6 aliphatic carbocycles. The van der Waals surface area contributed by atoms with E-state index in [4.69, 9.17) is 11.6 Å². The van der Waals surface area contributed by atoms with Gasteiger partial charge in [-0.25, -0.2) is 0 Å². The number of halogens is 1. The van der Waals surface area contributed by atoms with Gasteiger partial charge in [0.15, 0.2) is 0 Å². The van der Waals surface area contributed by atoms with E-state index in [2.05, 4.69) is 55.4 Å². The fraction of sp³-hybridized carbons (Fsp3) is 1.00. The van der Waals surface area contributed by atoms with Gasteiger partial charge in [-0.1, -0.05) is 120 Å². The van der Waals surface area contributed by atoms with Crippen LogP contribution in [-0.4, -0.2) is 27.8 Å². The predicted molar refractivity (Wildman–Crippen MR) is 245 cm³/mol. The van der Waals surface area contributed by atoms with Gasteiger partial charge >= 0.3 is 0 Å². The molecule has 2 N–H and O–H groups in total. The Kier molecular flexibility index (Phi) is 17.3. The van der Waals surface area contributed by atoms with Crippen molar-refractivity contribution in [1.29, 1.82) is 0 Å². The minimum Gasteiger partial charge on any atom is -0.393 e. The first-order valence-electron chi connectivity index (χ1n) is 26.1. The summed E-state index contributed by atoms with van der Waals surface area (Å²) in [6.07, 6.45) is 35.6. The predicted octanol–water partition coefficient (Wildman–Crippen LogP) is 15.7. The van der Waals surface area contributed by atoms with Crippen molar-refractivity contribution in [2.45, 2.75) is 246 Å². The largest absolute Gasteiger partial charge is 0.393 e. The highest BCUT2D eigenvalue weighted by atomic mass is 35.5. The monoisotopic (exact) mass is 813 g/mol. The SMILES string of the molecule is CC1CCC(CCC2CC(C(C)C3CCC(C(O)CCC(C)(C)CCC(O)C(C)CC4CCC(C)CC4)CC3)C(C)C(C(C)C3(C4CCC(Cl)CC4)CC3)C2)CC1. The minimum atomic E-state index is -0.182. The average Bonchev–Trinajstić information content (AvgIpc) is 4.02. The molecule has 0 saturated heterocycles. The number of hydrogen-bond acceptors (Lipinski definition) is 2. The summed E-state index contributed by atoms with van der Waals surface area (Å²) >= 11 is 6.65. The lowest BCUT2D eigenvalue weighted by Crippen LogP contribution is -2.43. The first-order valence-corrected chi connectivity index (χ1v) is 26.6. The molecule has 0 aliphatic heterocycles. The molecule has 2 nitrogen and oxygen atoms in total. The lowest BCUT2D eigenvalue weighted by molar-refractivity contribution is -0.0178. The van der Waals surface area contributed by atoms with Crippen LogP contribution in [-0.2, 0) is 0 Å². The van der Waals surface area contributed by atoms with Crippen molar-refractivity contribution in [2.24, 2.45) is 93.7 Å². The molecule has 3 heteroatoms. The fourth-order valence-corrected chi connectivity index (χ4v) is 15.4. The second-order valence-electron chi connectivity index (χ2n) is 24.4. The minimum absolute atomic E-state index is 0.160. The van der Waals surface area contributed by atoms with Crippen LogP contribution >= 0.6 is 11.6 Å². The highest BCUT2D eigenvalue weighted by molar-refractivity contribution is 6.20. The van der Waals surface area contributed by atoms with Crippen LogP contribution in [0.15, 0.2) is 0 Å². The zero-order chi connectivity index (χ0) is 40.9. The molecule has 0 heterocycles. The lowest BCUT2D eigenvalue weighted by Gasteiger charge is -2.51. The number of aliphatic hydroxyl groups is 2. The number of hydrogen-bond donors (Lipinski definition) is 2. The van der Waals surface area contributed by atoms with Crippen molar-refractivity contribution < 1.29 is 10.2 Å². The van der Waals surface area contributed by atoms with Gasteiger partial charge in [-0.05, 0) is 203 Å². The number of aliphatic hydroxyl groups excluding tert-OH is 2. The Hall–Kier alpha value is 0.210. The molecule has 0 aromatic rings. The van der Waals surface area contributed by atoms with Gasteiger partial charge in [0.2, 0.25) is 0 Å². The van der Waals surface area contributed by atoms with Gasteiger partial charge < -0.3 is 10.2 Å². The maximum absolute atomic E-state index is 11.6. The Balaban J connectivity index is 0.986.